The molecule has 0 aliphatic heterocycles. The van der Waals surface area contributed by atoms with Crippen molar-refractivity contribution >= 4 is 23.2 Å². The molecule has 0 aliphatic carbocycles. The number of nitrogens with two attached hydrogens (primary N) is 1. The van der Waals surface area contributed by atoms with Crippen LogP contribution in [0.1, 0.15) is 37.4 Å². The average molecular weight is 320 g/mol. The van der Waals surface area contributed by atoms with E-state index in [1.165, 1.54) is 5.56 Å². The van der Waals surface area contributed by atoms with Crippen LogP contribution >= 0.6 is 11.6 Å². The molecule has 6 heteroatoms. The molecule has 1 aromatic heterocycles. The van der Waals surface area contributed by atoms with Crippen LogP contribution in [0.3, 0.4) is 0 Å². The highest BCUT2D eigenvalue weighted by Gasteiger charge is 2.05. The lowest BCUT2D eigenvalue weighted by atomic mass is 9.99. The Morgan fingerprint density at radius 3 is 2.64 bits per heavy atom. The number of guanidine groups is 1. The molecule has 0 aliphatic rings. The summed E-state index contributed by atoms with van der Waals surface area (Å²) in [5.41, 5.74) is 8.85. The standard InChI is InChI=1S/C16H22ClN5/c1-4-11(2)12-5-7-13(8-6-12)20-16(18)19-9-15-14(17)10-22(3)21-15/h5-8,10-11H,4,9H2,1-3H3,(H3,18,19,20). The van der Waals surface area contributed by atoms with Crippen LogP contribution in [0.5, 0.6) is 0 Å². The molecule has 0 fully saturated rings. The van der Waals surface area contributed by atoms with E-state index in [2.05, 4.69) is 41.4 Å². The van der Waals surface area contributed by atoms with Gasteiger partial charge in [-0.15, -0.1) is 0 Å². The Bertz CT molecular complexity index is 645. The lowest BCUT2D eigenvalue weighted by Gasteiger charge is -2.10. The third-order valence-electron chi connectivity index (χ3n) is 3.62. The van der Waals surface area contributed by atoms with Gasteiger partial charge in [0.25, 0.3) is 0 Å². The normalized spacial score (nSPS) is 13.2. The largest absolute Gasteiger partial charge is 0.370 e. The van der Waals surface area contributed by atoms with E-state index >= 15 is 0 Å². The van der Waals surface area contributed by atoms with Crippen LogP contribution in [0.25, 0.3) is 0 Å². The van der Waals surface area contributed by atoms with Gasteiger partial charge in [0.1, 0.15) is 5.69 Å². The van der Waals surface area contributed by atoms with Crippen molar-refractivity contribution < 1.29 is 0 Å². The van der Waals surface area contributed by atoms with Gasteiger partial charge in [0.05, 0.1) is 11.6 Å². The first-order chi connectivity index (χ1) is 10.5. The van der Waals surface area contributed by atoms with Crippen molar-refractivity contribution in [2.45, 2.75) is 32.7 Å². The number of hydrogen-bond donors (Lipinski definition) is 2. The molecule has 118 valence electrons. The van der Waals surface area contributed by atoms with E-state index < -0.39 is 0 Å². The van der Waals surface area contributed by atoms with Gasteiger partial charge in [0, 0.05) is 18.9 Å². The molecule has 0 spiro atoms. The van der Waals surface area contributed by atoms with Gasteiger partial charge in [0.15, 0.2) is 5.96 Å². The number of aromatic nitrogens is 2. The van der Waals surface area contributed by atoms with Crippen LogP contribution in [-0.2, 0) is 13.6 Å². The summed E-state index contributed by atoms with van der Waals surface area (Å²) in [6.45, 7) is 4.75. The third kappa shape index (κ3) is 4.24. The Hall–Kier alpha value is -2.01. The molecule has 0 bridgehead atoms. The van der Waals surface area contributed by atoms with Gasteiger partial charge >= 0.3 is 0 Å². The van der Waals surface area contributed by atoms with E-state index in [0.29, 0.717) is 29.1 Å². The quantitative estimate of drug-likeness (QED) is 0.654. The highest BCUT2D eigenvalue weighted by atomic mass is 35.5. The van der Waals surface area contributed by atoms with E-state index in [9.17, 15) is 0 Å². The minimum atomic E-state index is 0.345. The molecule has 1 heterocycles. The molecule has 2 aromatic rings. The van der Waals surface area contributed by atoms with Gasteiger partial charge in [-0.1, -0.05) is 37.6 Å². The van der Waals surface area contributed by atoms with E-state index in [0.717, 1.165) is 12.1 Å². The summed E-state index contributed by atoms with van der Waals surface area (Å²) in [7, 11) is 1.82. The van der Waals surface area contributed by atoms with E-state index in [1.807, 2.05) is 19.2 Å². The van der Waals surface area contributed by atoms with Crippen molar-refractivity contribution in [3.8, 4) is 0 Å². The van der Waals surface area contributed by atoms with Crippen LogP contribution in [0, 0.1) is 0 Å². The zero-order valence-electron chi connectivity index (χ0n) is 13.2. The van der Waals surface area contributed by atoms with Crippen molar-refractivity contribution in [3.05, 3.63) is 46.7 Å². The first-order valence-electron chi connectivity index (χ1n) is 7.34. The molecule has 0 saturated carbocycles. The minimum absolute atomic E-state index is 0.345. The van der Waals surface area contributed by atoms with Crippen LogP contribution in [-0.4, -0.2) is 15.7 Å². The Kier molecular flexibility index (Phi) is 5.44. The maximum absolute atomic E-state index is 6.04. The van der Waals surface area contributed by atoms with Crippen molar-refractivity contribution in [1.29, 1.82) is 0 Å². The molecule has 3 N–H and O–H groups in total. The van der Waals surface area contributed by atoms with Gasteiger partial charge in [-0.05, 0) is 30.0 Å². The third-order valence-corrected chi connectivity index (χ3v) is 3.93. The maximum Gasteiger partial charge on any atom is 0.193 e. The predicted molar refractivity (Wildman–Crippen MR) is 92.3 cm³/mol. The Morgan fingerprint density at radius 2 is 2.09 bits per heavy atom. The zero-order valence-corrected chi connectivity index (χ0v) is 13.9. The number of hydrogen-bond acceptors (Lipinski definition) is 2. The number of anilines is 1. The lowest BCUT2D eigenvalue weighted by Crippen LogP contribution is -2.22. The smallest absolute Gasteiger partial charge is 0.193 e. The Morgan fingerprint density at radius 1 is 1.41 bits per heavy atom. The molecular weight excluding hydrogens is 298 g/mol. The summed E-state index contributed by atoms with van der Waals surface area (Å²) < 4.78 is 1.66. The monoisotopic (exact) mass is 319 g/mol. The molecule has 1 unspecified atom stereocenters. The molecule has 1 atom stereocenters. The number of benzene rings is 1. The summed E-state index contributed by atoms with van der Waals surface area (Å²) >= 11 is 6.04. The molecule has 5 nitrogen and oxygen atoms in total. The van der Waals surface area contributed by atoms with Crippen LogP contribution in [0.4, 0.5) is 5.69 Å². The second kappa shape index (κ2) is 7.31. The number of nitrogens with zero attached hydrogens (tertiary/aromatic N) is 3. The topological polar surface area (TPSA) is 68.2 Å². The average Bonchev–Trinajstić information content (AvgIpc) is 2.83. The van der Waals surface area contributed by atoms with Crippen LogP contribution in [0.15, 0.2) is 35.5 Å². The van der Waals surface area contributed by atoms with E-state index in [4.69, 9.17) is 17.3 Å². The maximum atomic E-state index is 6.04. The fourth-order valence-electron chi connectivity index (χ4n) is 2.09. The predicted octanol–water partition coefficient (Wildman–Crippen LogP) is 3.51. The van der Waals surface area contributed by atoms with Crippen molar-refractivity contribution in [3.63, 3.8) is 0 Å². The number of rotatable bonds is 5. The number of aryl methyl sites for hydroxylation is 1. The molecule has 1 aromatic carbocycles. The van der Waals surface area contributed by atoms with Gasteiger partial charge < -0.3 is 11.1 Å². The molecule has 2 rings (SSSR count). The Labute approximate surface area is 136 Å². The van der Waals surface area contributed by atoms with Gasteiger partial charge in [0.2, 0.25) is 0 Å². The van der Waals surface area contributed by atoms with E-state index in [-0.39, 0.29) is 0 Å². The summed E-state index contributed by atoms with van der Waals surface area (Å²) in [5.74, 6) is 0.907. The summed E-state index contributed by atoms with van der Waals surface area (Å²) in [4.78, 5) is 4.26. The minimum Gasteiger partial charge on any atom is -0.370 e. The Balaban J connectivity index is 1.97. The molecule has 0 radical (unpaired) electrons. The molecular formula is C16H22ClN5. The molecule has 0 saturated heterocycles. The van der Waals surface area contributed by atoms with Crippen molar-refractivity contribution in [2.75, 3.05) is 5.32 Å². The summed E-state index contributed by atoms with van der Waals surface area (Å²) in [5, 5.41) is 7.89. The fraction of sp³-hybridized carbons (Fsp3) is 0.375. The summed E-state index contributed by atoms with van der Waals surface area (Å²) in [6, 6.07) is 8.24. The number of halogens is 1. The van der Waals surface area contributed by atoms with E-state index in [1.54, 1.807) is 10.9 Å². The number of aliphatic imine (C=N–C) groups is 1. The van der Waals surface area contributed by atoms with Gasteiger partial charge in [-0.2, -0.15) is 5.10 Å². The fourth-order valence-corrected chi connectivity index (χ4v) is 2.33. The first kappa shape index (κ1) is 16.4. The second-order valence-electron chi connectivity index (χ2n) is 5.36. The molecule has 22 heavy (non-hydrogen) atoms. The SMILES string of the molecule is CCC(C)c1ccc(NC(N)=NCc2nn(C)cc2Cl)cc1. The van der Waals surface area contributed by atoms with Gasteiger partial charge in [-0.25, -0.2) is 4.99 Å². The first-order valence-corrected chi connectivity index (χ1v) is 7.72. The zero-order chi connectivity index (χ0) is 16.1. The van der Waals surface area contributed by atoms with Crippen molar-refractivity contribution in [2.24, 2.45) is 17.8 Å². The summed E-state index contributed by atoms with van der Waals surface area (Å²) in [6.07, 6.45) is 2.87. The highest BCUT2D eigenvalue weighted by molar-refractivity contribution is 6.31. The van der Waals surface area contributed by atoms with Crippen LogP contribution in [0.2, 0.25) is 5.02 Å². The second-order valence-corrected chi connectivity index (χ2v) is 5.76. The molecule has 0 amide bonds. The number of nitrogens with one attached hydrogen (secondary N) is 1. The highest BCUT2D eigenvalue weighted by Crippen LogP contribution is 2.20. The van der Waals surface area contributed by atoms with Gasteiger partial charge in [-0.3, -0.25) is 4.68 Å². The lowest BCUT2D eigenvalue weighted by molar-refractivity contribution is 0.734. The van der Waals surface area contributed by atoms with Crippen molar-refractivity contribution in [1.82, 2.24) is 9.78 Å². The van der Waals surface area contributed by atoms with Crippen LogP contribution < -0.4 is 11.1 Å².